The fourth-order valence-electron chi connectivity index (χ4n) is 3.37. The van der Waals surface area contributed by atoms with Crippen LogP contribution in [0.15, 0.2) is 11.0 Å². The molecule has 2 saturated heterocycles. The minimum Gasteiger partial charge on any atom is -0.493 e. The van der Waals surface area contributed by atoms with Crippen LogP contribution in [0, 0.1) is 6.92 Å². The predicted octanol–water partition coefficient (Wildman–Crippen LogP) is -2.02. The number of nitrogens with zero attached hydrogens (tertiary/aromatic N) is 2. The molecule has 1 aromatic heterocycles. The van der Waals surface area contributed by atoms with Gasteiger partial charge >= 0.3 is 21.3 Å². The quantitative estimate of drug-likeness (QED) is 0.173. The van der Waals surface area contributed by atoms with Gasteiger partial charge in [-0.15, -0.1) is 0 Å². The third kappa shape index (κ3) is 6.72. The minimum absolute atomic E-state index is 0.151. The lowest BCUT2D eigenvalue weighted by atomic mass is 10.0. The molecule has 0 radical (unpaired) electrons. The van der Waals surface area contributed by atoms with Gasteiger partial charge in [-0.1, -0.05) is 0 Å². The summed E-state index contributed by atoms with van der Waals surface area (Å²) in [6, 6.07) is 0. The maximum Gasteiger partial charge on any atom is 0.483 e. The Balaban J connectivity index is 1.58. The molecule has 0 amide bonds. The van der Waals surface area contributed by atoms with Crippen molar-refractivity contribution in [2.75, 3.05) is 6.61 Å². The van der Waals surface area contributed by atoms with Crippen molar-refractivity contribution in [2.24, 2.45) is 0 Å². The van der Waals surface area contributed by atoms with Gasteiger partial charge in [0.15, 0.2) is 6.29 Å². The summed E-state index contributed by atoms with van der Waals surface area (Å²) in [5.74, 6) is -0.481. The largest absolute Gasteiger partial charge is 0.493 e. The summed E-state index contributed by atoms with van der Waals surface area (Å²) in [5.41, 5.74) is -0.627. The van der Waals surface area contributed by atoms with E-state index in [1.54, 1.807) is 0 Å². The van der Waals surface area contributed by atoms with Crippen LogP contribution in [0.2, 0.25) is 0 Å². The molecule has 0 aromatic carbocycles. The molecule has 3 unspecified atom stereocenters. The Bertz CT molecular complexity index is 1070. The van der Waals surface area contributed by atoms with Crippen LogP contribution in [0.1, 0.15) is 25.1 Å². The van der Waals surface area contributed by atoms with E-state index in [1.165, 1.54) is 20.0 Å². The van der Waals surface area contributed by atoms with E-state index in [1.807, 2.05) is 0 Å². The fraction of sp³-hybridized carbons (Fsp3) is 0.750. The lowest BCUT2D eigenvalue weighted by Crippen LogP contribution is -2.57. The highest BCUT2D eigenvalue weighted by Gasteiger charge is 2.47. The van der Waals surface area contributed by atoms with Crippen LogP contribution in [0.4, 0.5) is 0 Å². The topological polar surface area (TPSA) is 257 Å². The van der Waals surface area contributed by atoms with E-state index in [0.717, 1.165) is 4.57 Å². The first kappa shape index (κ1) is 28.3. The molecular formula is C16H26N2O15P2. The van der Waals surface area contributed by atoms with Crippen molar-refractivity contribution in [3.63, 3.8) is 0 Å². The molecule has 10 atom stereocenters. The zero-order valence-corrected chi connectivity index (χ0v) is 20.1. The number of hydrogen-bond acceptors (Lipinski definition) is 14. The summed E-state index contributed by atoms with van der Waals surface area (Å²) < 4.78 is 49.0. The number of rotatable bonds is 8. The van der Waals surface area contributed by atoms with Crippen molar-refractivity contribution < 1.29 is 67.3 Å². The third-order valence-corrected chi connectivity index (χ3v) is 7.88. The molecular weight excluding hydrogens is 522 g/mol. The molecule has 0 saturated carbocycles. The molecule has 7 N–H and O–H groups in total. The normalized spacial score (nSPS) is 37.0. The SMILES string of the molecule is Cc1cn([C@H]2C[C@H](O)[C@@H](COP(=O)(O)OP(=O)(O)OC3O[C@H](C)[C@@H](O)[C@@H](O)[C@H]3O)O2)c(=O)nc1O. The molecule has 2 aliphatic heterocycles. The first-order chi connectivity index (χ1) is 16.1. The molecule has 3 rings (SSSR count). The Morgan fingerprint density at radius 1 is 1.11 bits per heavy atom. The number of phosphoric ester groups is 2. The van der Waals surface area contributed by atoms with Gasteiger partial charge in [0, 0.05) is 18.2 Å². The molecule has 2 fully saturated rings. The first-order valence-electron chi connectivity index (χ1n) is 10.1. The van der Waals surface area contributed by atoms with E-state index in [4.69, 9.17) is 9.47 Å². The Morgan fingerprint density at radius 2 is 1.77 bits per heavy atom. The number of phosphoric acid groups is 2. The van der Waals surface area contributed by atoms with Crippen LogP contribution in [-0.2, 0) is 32.0 Å². The minimum atomic E-state index is -5.44. The van der Waals surface area contributed by atoms with Crippen molar-refractivity contribution in [2.45, 2.75) is 69.4 Å². The van der Waals surface area contributed by atoms with E-state index < -0.39 is 83.0 Å². The highest BCUT2D eigenvalue weighted by molar-refractivity contribution is 7.61. The number of aliphatic hydroxyl groups excluding tert-OH is 4. The Morgan fingerprint density at radius 3 is 2.43 bits per heavy atom. The van der Waals surface area contributed by atoms with Gasteiger partial charge in [0.1, 0.15) is 30.6 Å². The van der Waals surface area contributed by atoms with Crippen molar-refractivity contribution in [3.8, 4) is 5.88 Å². The summed E-state index contributed by atoms with van der Waals surface area (Å²) in [6.07, 6.45) is -11.0. The van der Waals surface area contributed by atoms with Crippen LogP contribution in [0.3, 0.4) is 0 Å². The lowest BCUT2D eigenvalue weighted by molar-refractivity contribution is -0.271. The number of aryl methyl sites for hydroxylation is 1. The van der Waals surface area contributed by atoms with E-state index in [0.29, 0.717) is 0 Å². The molecule has 19 heteroatoms. The lowest BCUT2D eigenvalue weighted by Gasteiger charge is -2.38. The first-order valence-corrected chi connectivity index (χ1v) is 13.1. The molecule has 0 bridgehead atoms. The zero-order valence-electron chi connectivity index (χ0n) is 18.3. The maximum absolute atomic E-state index is 12.2. The second kappa shape index (κ2) is 10.6. The molecule has 2 aliphatic rings. The Kier molecular flexibility index (Phi) is 8.56. The van der Waals surface area contributed by atoms with Gasteiger partial charge in [-0.25, -0.2) is 13.9 Å². The smallest absolute Gasteiger partial charge is 0.483 e. The Hall–Kier alpha value is -1.30. The summed E-state index contributed by atoms with van der Waals surface area (Å²) in [7, 11) is -10.8. The number of aromatic nitrogens is 2. The summed E-state index contributed by atoms with van der Waals surface area (Å²) in [5, 5.41) is 48.8. The standard InChI is InChI=1S/C16H26N2O15P2/c1-6-4-18(16(24)17-14(6)23)10-3-8(19)9(31-10)5-29-34(25,26)33-35(27,28)32-15-13(22)12(21)11(20)7(2)30-15/h4,7-13,15,19-22H,3,5H2,1-2H3,(H,25,26)(H,27,28)(H,17,23,24)/t7-,8+,9-,10-,11-,12-,13-,15?/m1/s1. The molecule has 3 heterocycles. The third-order valence-electron chi connectivity index (χ3n) is 5.28. The van der Waals surface area contributed by atoms with Crippen molar-refractivity contribution in [3.05, 3.63) is 22.2 Å². The van der Waals surface area contributed by atoms with Crippen LogP contribution in [-0.4, -0.2) is 94.4 Å². The van der Waals surface area contributed by atoms with E-state index >= 15 is 0 Å². The second-order valence-electron chi connectivity index (χ2n) is 7.97. The van der Waals surface area contributed by atoms with Crippen LogP contribution >= 0.6 is 15.6 Å². The monoisotopic (exact) mass is 548 g/mol. The van der Waals surface area contributed by atoms with Crippen LogP contribution in [0.5, 0.6) is 5.88 Å². The highest BCUT2D eigenvalue weighted by atomic mass is 31.3. The van der Waals surface area contributed by atoms with Gasteiger partial charge in [-0.05, 0) is 13.8 Å². The summed E-state index contributed by atoms with van der Waals surface area (Å²) in [6.45, 7) is 1.91. The van der Waals surface area contributed by atoms with Crippen LogP contribution < -0.4 is 5.69 Å². The fourth-order valence-corrected chi connectivity index (χ4v) is 5.53. The average molecular weight is 548 g/mol. The number of aliphatic hydroxyl groups is 4. The van der Waals surface area contributed by atoms with Gasteiger partial charge in [0.05, 0.1) is 18.8 Å². The molecule has 0 spiro atoms. The molecule has 35 heavy (non-hydrogen) atoms. The second-order valence-corrected chi connectivity index (χ2v) is 11.0. The zero-order chi connectivity index (χ0) is 26.3. The average Bonchev–Trinajstić information content (AvgIpc) is 3.11. The molecule has 200 valence electrons. The van der Waals surface area contributed by atoms with Gasteiger partial charge < -0.3 is 44.8 Å². The van der Waals surface area contributed by atoms with Crippen molar-refractivity contribution >= 4 is 15.6 Å². The Labute approximate surface area is 197 Å². The van der Waals surface area contributed by atoms with Gasteiger partial charge in [0.2, 0.25) is 5.88 Å². The predicted molar refractivity (Wildman–Crippen MR) is 110 cm³/mol. The van der Waals surface area contributed by atoms with Gasteiger partial charge in [-0.3, -0.25) is 13.6 Å². The van der Waals surface area contributed by atoms with Gasteiger partial charge in [-0.2, -0.15) is 9.29 Å². The summed E-state index contributed by atoms with van der Waals surface area (Å²) >= 11 is 0. The van der Waals surface area contributed by atoms with E-state index in [-0.39, 0.29) is 12.0 Å². The van der Waals surface area contributed by atoms with Crippen LogP contribution in [0.25, 0.3) is 0 Å². The van der Waals surface area contributed by atoms with E-state index in [2.05, 4.69) is 18.3 Å². The molecule has 0 aliphatic carbocycles. The van der Waals surface area contributed by atoms with E-state index in [9.17, 15) is 49.2 Å². The van der Waals surface area contributed by atoms with Crippen molar-refractivity contribution in [1.29, 1.82) is 0 Å². The number of ether oxygens (including phenoxy) is 2. The highest BCUT2D eigenvalue weighted by Crippen LogP contribution is 2.61. The number of hydrogen-bond donors (Lipinski definition) is 7. The summed E-state index contributed by atoms with van der Waals surface area (Å²) in [4.78, 5) is 35.0. The molecule has 17 nitrogen and oxygen atoms in total. The van der Waals surface area contributed by atoms with Crippen molar-refractivity contribution in [1.82, 2.24) is 9.55 Å². The van der Waals surface area contributed by atoms with Gasteiger partial charge in [0.25, 0.3) is 0 Å². The maximum atomic E-state index is 12.2. The molecule has 1 aromatic rings. The number of aromatic hydroxyl groups is 1.